The molecule has 22 heavy (non-hydrogen) atoms. The highest BCUT2D eigenvalue weighted by Crippen LogP contribution is 2.35. The molecule has 9 heteroatoms. The van der Waals surface area contributed by atoms with Crippen molar-refractivity contribution in [3.8, 4) is 0 Å². The number of nitrogens with zero attached hydrogens (tertiary/aromatic N) is 2. The molecule has 0 bridgehead atoms. The minimum Gasteiger partial charge on any atom is -0.444 e. The van der Waals surface area contributed by atoms with Crippen molar-refractivity contribution < 1.29 is 27.8 Å². The number of nitrogens with one attached hydrogen (secondary N) is 1. The van der Waals surface area contributed by atoms with E-state index in [4.69, 9.17) is 4.74 Å². The molecule has 0 aliphatic rings. The van der Waals surface area contributed by atoms with Gasteiger partial charge in [0, 0.05) is 0 Å². The molecule has 126 valence electrons. The summed E-state index contributed by atoms with van der Waals surface area (Å²) in [6, 6.07) is 0. The fraction of sp³-hybridized carbons (Fsp3) is 0.692. The number of aromatic nitrogens is 2. The van der Waals surface area contributed by atoms with Crippen LogP contribution in [-0.2, 0) is 17.5 Å². The van der Waals surface area contributed by atoms with Gasteiger partial charge in [0.15, 0.2) is 5.69 Å². The lowest BCUT2D eigenvalue weighted by atomic mass is 10.1. The zero-order chi connectivity index (χ0) is 17.3. The molecule has 0 aliphatic carbocycles. The van der Waals surface area contributed by atoms with Crippen LogP contribution in [0.3, 0.4) is 0 Å². The third-order valence-corrected chi connectivity index (χ3v) is 2.28. The molecule has 2 N–H and O–H groups in total. The van der Waals surface area contributed by atoms with Crippen LogP contribution in [0.5, 0.6) is 0 Å². The lowest BCUT2D eigenvalue weighted by Gasteiger charge is -2.21. The number of aliphatic hydroxyl groups is 1. The summed E-state index contributed by atoms with van der Waals surface area (Å²) in [6.07, 6.45) is -4.88. The molecule has 1 heterocycles. The highest BCUT2D eigenvalue weighted by atomic mass is 19.4. The Balaban J connectivity index is 3.08. The van der Waals surface area contributed by atoms with Gasteiger partial charge in [0.25, 0.3) is 0 Å². The fourth-order valence-corrected chi connectivity index (χ4v) is 1.68. The molecule has 0 saturated heterocycles. The quantitative estimate of drug-likeness (QED) is 0.896. The van der Waals surface area contributed by atoms with Crippen molar-refractivity contribution in [2.45, 2.75) is 58.5 Å². The molecule has 0 spiro atoms. The molecule has 0 aromatic carbocycles. The van der Waals surface area contributed by atoms with Crippen LogP contribution >= 0.6 is 0 Å². The number of hydrogen-bond donors (Lipinski definition) is 2. The first-order chi connectivity index (χ1) is 9.69. The molecule has 0 saturated carbocycles. The predicted octanol–water partition coefficient (Wildman–Crippen LogP) is 3.02. The van der Waals surface area contributed by atoms with E-state index in [-0.39, 0.29) is 6.54 Å². The molecule has 1 amide bonds. The minimum absolute atomic E-state index is 0.377. The van der Waals surface area contributed by atoms with E-state index in [1.54, 1.807) is 20.8 Å². The fourth-order valence-electron chi connectivity index (χ4n) is 1.68. The number of carbonyl (C=O) groups is 1. The summed E-state index contributed by atoms with van der Waals surface area (Å²) >= 11 is 0. The second-order valence-corrected chi connectivity index (χ2v) is 6.50. The van der Waals surface area contributed by atoms with Crippen LogP contribution in [-0.4, -0.2) is 32.2 Å². The Hall–Kier alpha value is -1.77. The van der Waals surface area contributed by atoms with Crippen molar-refractivity contribution in [2.24, 2.45) is 0 Å². The summed E-state index contributed by atoms with van der Waals surface area (Å²) in [5.74, 6) is 0. The summed E-state index contributed by atoms with van der Waals surface area (Å²) in [5, 5.41) is 15.3. The second kappa shape index (κ2) is 5.79. The largest absolute Gasteiger partial charge is 0.444 e. The van der Waals surface area contributed by atoms with E-state index >= 15 is 0 Å². The predicted molar refractivity (Wildman–Crippen MR) is 73.4 cm³/mol. The Morgan fingerprint density at radius 1 is 1.32 bits per heavy atom. The third kappa shape index (κ3) is 5.55. The lowest BCUT2D eigenvalue weighted by molar-refractivity contribution is -0.144. The molecule has 1 rings (SSSR count). The molecular weight excluding hydrogens is 303 g/mol. The van der Waals surface area contributed by atoms with Crippen molar-refractivity contribution in [3.63, 3.8) is 0 Å². The van der Waals surface area contributed by atoms with Crippen molar-refractivity contribution in [1.82, 2.24) is 9.78 Å². The monoisotopic (exact) mass is 323 g/mol. The number of rotatable bonds is 3. The Morgan fingerprint density at radius 2 is 1.86 bits per heavy atom. The van der Waals surface area contributed by atoms with Crippen molar-refractivity contribution in [1.29, 1.82) is 0 Å². The van der Waals surface area contributed by atoms with E-state index in [9.17, 15) is 23.1 Å². The number of ether oxygens (including phenoxy) is 1. The number of halogens is 3. The van der Waals surface area contributed by atoms with E-state index in [2.05, 4.69) is 5.10 Å². The van der Waals surface area contributed by atoms with Crippen LogP contribution in [0.1, 0.15) is 40.3 Å². The van der Waals surface area contributed by atoms with Crippen LogP contribution < -0.4 is 5.32 Å². The maximum atomic E-state index is 13.2. The van der Waals surface area contributed by atoms with Gasteiger partial charge in [-0.15, -0.1) is 0 Å². The van der Waals surface area contributed by atoms with Gasteiger partial charge in [-0.3, -0.25) is 10.00 Å². The summed E-state index contributed by atoms with van der Waals surface area (Å²) in [5.41, 5.74) is -3.91. The average Bonchev–Trinajstić information content (AvgIpc) is 2.53. The molecule has 6 nitrogen and oxygen atoms in total. The lowest BCUT2D eigenvalue weighted by Crippen LogP contribution is -2.30. The van der Waals surface area contributed by atoms with Gasteiger partial charge in [0.1, 0.15) is 5.60 Å². The first kappa shape index (κ1) is 18.3. The number of anilines is 1. The first-order valence-corrected chi connectivity index (χ1v) is 6.54. The normalized spacial score (nSPS) is 13.1. The standard InChI is InChI=1S/C13H20F3N3O3/c1-11(2,3)22-10(20)18-8-6-17-19(7-12(4,5)21)9(8)13(14,15)16/h6,21H,7H2,1-5H3,(H,18,20). The van der Waals surface area contributed by atoms with Gasteiger partial charge in [-0.25, -0.2) is 4.79 Å². The Morgan fingerprint density at radius 3 is 2.27 bits per heavy atom. The number of alkyl halides is 3. The topological polar surface area (TPSA) is 76.4 Å². The van der Waals surface area contributed by atoms with Gasteiger partial charge in [0.05, 0.1) is 24.0 Å². The number of amides is 1. The van der Waals surface area contributed by atoms with E-state index in [0.29, 0.717) is 4.68 Å². The van der Waals surface area contributed by atoms with E-state index in [0.717, 1.165) is 6.20 Å². The Labute approximate surface area is 126 Å². The van der Waals surface area contributed by atoms with Crippen LogP contribution in [0.25, 0.3) is 0 Å². The number of hydrogen-bond acceptors (Lipinski definition) is 4. The van der Waals surface area contributed by atoms with Crippen LogP contribution in [0.4, 0.5) is 23.7 Å². The molecule has 0 aliphatic heterocycles. The zero-order valence-corrected chi connectivity index (χ0v) is 13.1. The van der Waals surface area contributed by atoms with Gasteiger partial charge in [-0.05, 0) is 34.6 Å². The maximum Gasteiger partial charge on any atom is 0.435 e. The molecule has 0 atom stereocenters. The van der Waals surface area contributed by atoms with E-state index in [1.807, 2.05) is 5.32 Å². The highest BCUT2D eigenvalue weighted by molar-refractivity contribution is 5.85. The van der Waals surface area contributed by atoms with Crippen molar-refractivity contribution >= 4 is 11.8 Å². The van der Waals surface area contributed by atoms with Crippen LogP contribution in [0, 0.1) is 0 Å². The molecule has 1 aromatic rings. The maximum absolute atomic E-state index is 13.2. The van der Waals surface area contributed by atoms with E-state index in [1.165, 1.54) is 13.8 Å². The Bertz CT molecular complexity index is 539. The zero-order valence-electron chi connectivity index (χ0n) is 13.1. The molecule has 0 fully saturated rings. The van der Waals surface area contributed by atoms with Gasteiger partial charge in [-0.1, -0.05) is 0 Å². The van der Waals surface area contributed by atoms with Crippen LogP contribution in [0.2, 0.25) is 0 Å². The molecule has 0 unspecified atom stereocenters. The second-order valence-electron chi connectivity index (χ2n) is 6.50. The van der Waals surface area contributed by atoms with Crippen LogP contribution in [0.15, 0.2) is 6.20 Å². The molecular formula is C13H20F3N3O3. The molecule has 0 radical (unpaired) electrons. The summed E-state index contributed by atoms with van der Waals surface area (Å²) in [4.78, 5) is 11.6. The summed E-state index contributed by atoms with van der Waals surface area (Å²) < 4.78 is 45.0. The average molecular weight is 323 g/mol. The highest BCUT2D eigenvalue weighted by Gasteiger charge is 2.40. The van der Waals surface area contributed by atoms with Crippen molar-refractivity contribution in [2.75, 3.05) is 5.32 Å². The van der Waals surface area contributed by atoms with Gasteiger partial charge < -0.3 is 9.84 Å². The summed E-state index contributed by atoms with van der Waals surface area (Å²) in [7, 11) is 0. The summed E-state index contributed by atoms with van der Waals surface area (Å²) in [6.45, 7) is 7.11. The molecule has 1 aromatic heterocycles. The van der Waals surface area contributed by atoms with Gasteiger partial charge in [0.2, 0.25) is 0 Å². The van der Waals surface area contributed by atoms with Gasteiger partial charge in [-0.2, -0.15) is 18.3 Å². The Kier molecular flexibility index (Phi) is 4.81. The first-order valence-electron chi connectivity index (χ1n) is 6.54. The SMILES string of the molecule is CC(C)(O)Cn1ncc(NC(=O)OC(C)(C)C)c1C(F)(F)F. The third-order valence-electron chi connectivity index (χ3n) is 2.28. The van der Waals surface area contributed by atoms with Gasteiger partial charge >= 0.3 is 12.3 Å². The van der Waals surface area contributed by atoms with E-state index < -0.39 is 34.9 Å². The van der Waals surface area contributed by atoms with Crippen molar-refractivity contribution in [3.05, 3.63) is 11.9 Å². The smallest absolute Gasteiger partial charge is 0.435 e. The number of carbonyl (C=O) groups excluding carboxylic acids is 1. The minimum atomic E-state index is -4.74.